The summed E-state index contributed by atoms with van der Waals surface area (Å²) in [6, 6.07) is 9.70. The highest BCUT2D eigenvalue weighted by Gasteiger charge is 2.29. The molecule has 2 fully saturated rings. The van der Waals surface area contributed by atoms with Gasteiger partial charge in [-0.2, -0.15) is 11.8 Å². The molecule has 0 unspecified atom stereocenters. The van der Waals surface area contributed by atoms with Gasteiger partial charge in [-0.25, -0.2) is 4.79 Å². The van der Waals surface area contributed by atoms with Crippen LogP contribution in [0.4, 0.5) is 4.79 Å². The average molecular weight is 603 g/mol. The topological polar surface area (TPSA) is 108 Å². The molecule has 3 rings (SSSR count). The number of hydrogen-bond donors (Lipinski definition) is 2. The summed E-state index contributed by atoms with van der Waals surface area (Å²) in [6.07, 6.45) is 7.20. The molecule has 234 valence electrons. The molecule has 0 spiro atoms. The summed E-state index contributed by atoms with van der Waals surface area (Å²) in [7, 11) is 0. The van der Waals surface area contributed by atoms with Gasteiger partial charge in [-0.1, -0.05) is 49.6 Å². The van der Waals surface area contributed by atoms with Gasteiger partial charge in [0.2, 0.25) is 11.8 Å². The number of nitrogens with one attached hydrogen (secondary N) is 2. The van der Waals surface area contributed by atoms with Crippen LogP contribution in [-0.4, -0.2) is 88.9 Å². The molecule has 1 aliphatic carbocycles. The second kappa shape index (κ2) is 16.9. The van der Waals surface area contributed by atoms with Crippen molar-refractivity contribution in [3.05, 3.63) is 35.9 Å². The molecule has 1 saturated heterocycles. The monoisotopic (exact) mass is 602 g/mol. The summed E-state index contributed by atoms with van der Waals surface area (Å²) in [5.74, 6) is 1.13. The van der Waals surface area contributed by atoms with Crippen LogP contribution >= 0.6 is 11.8 Å². The third-order valence-electron chi connectivity index (χ3n) is 7.60. The van der Waals surface area contributed by atoms with Crippen LogP contribution in [-0.2, 0) is 25.7 Å². The molecule has 2 aliphatic rings. The van der Waals surface area contributed by atoms with E-state index >= 15 is 0 Å². The molecule has 1 aliphatic heterocycles. The van der Waals surface area contributed by atoms with Crippen LogP contribution in [0.5, 0.6) is 0 Å². The fourth-order valence-electron chi connectivity index (χ4n) is 5.46. The molecule has 42 heavy (non-hydrogen) atoms. The molecule has 0 radical (unpaired) electrons. The van der Waals surface area contributed by atoms with Gasteiger partial charge in [0.1, 0.15) is 24.0 Å². The number of carbonyl (C=O) groups is 4. The number of thioether (sulfide) groups is 1. The number of rotatable bonds is 13. The van der Waals surface area contributed by atoms with E-state index in [1.807, 2.05) is 6.07 Å². The number of ether oxygens (including phenoxy) is 1. The number of likely N-dealkylation sites (tertiary alicyclic amines) is 1. The smallest absolute Gasteiger partial charge is 0.411 e. The van der Waals surface area contributed by atoms with Crippen LogP contribution in [0, 0.1) is 5.92 Å². The van der Waals surface area contributed by atoms with Gasteiger partial charge in [0.15, 0.2) is 0 Å². The van der Waals surface area contributed by atoms with Crippen molar-refractivity contribution in [2.45, 2.75) is 96.9 Å². The minimum atomic E-state index is -0.766. The fraction of sp³-hybridized carbons (Fsp3) is 0.688. The summed E-state index contributed by atoms with van der Waals surface area (Å²) >= 11 is 1.70. The summed E-state index contributed by atoms with van der Waals surface area (Å²) in [5, 5.41) is 6.05. The number of carbonyl (C=O) groups excluding carboxylic acids is 4. The lowest BCUT2D eigenvalue weighted by Crippen LogP contribution is -2.55. The summed E-state index contributed by atoms with van der Waals surface area (Å²) in [4.78, 5) is 54.6. The normalized spacial score (nSPS) is 17.7. The Balaban J connectivity index is 1.57. The Morgan fingerprint density at radius 2 is 1.67 bits per heavy atom. The average Bonchev–Trinajstić information content (AvgIpc) is 2.93. The van der Waals surface area contributed by atoms with E-state index < -0.39 is 23.6 Å². The number of piperidine rings is 1. The first-order valence-corrected chi connectivity index (χ1v) is 16.5. The van der Waals surface area contributed by atoms with Crippen molar-refractivity contribution in [2.75, 3.05) is 37.7 Å². The Morgan fingerprint density at radius 1 is 1.00 bits per heavy atom. The third kappa shape index (κ3) is 12.7. The van der Waals surface area contributed by atoms with Crippen molar-refractivity contribution in [1.82, 2.24) is 20.4 Å². The van der Waals surface area contributed by atoms with Gasteiger partial charge in [-0.05, 0) is 70.6 Å². The number of ketones is 1. The lowest BCUT2D eigenvalue weighted by Gasteiger charge is -2.33. The van der Waals surface area contributed by atoms with E-state index in [1.165, 1.54) is 44.6 Å². The van der Waals surface area contributed by atoms with E-state index in [4.69, 9.17) is 4.74 Å². The number of benzene rings is 1. The van der Waals surface area contributed by atoms with Crippen molar-refractivity contribution in [2.24, 2.45) is 5.92 Å². The maximum Gasteiger partial charge on any atom is 0.411 e. The van der Waals surface area contributed by atoms with Crippen molar-refractivity contribution >= 4 is 35.5 Å². The van der Waals surface area contributed by atoms with Crippen LogP contribution in [0.3, 0.4) is 0 Å². The van der Waals surface area contributed by atoms with Crippen molar-refractivity contribution in [1.29, 1.82) is 0 Å². The summed E-state index contributed by atoms with van der Waals surface area (Å²) in [5.41, 5.74) is 0.514. The number of amides is 3. The Labute approximate surface area is 255 Å². The Bertz CT molecular complexity index is 1020. The van der Waals surface area contributed by atoms with Gasteiger partial charge in [-0.15, -0.1) is 0 Å². The first-order valence-electron chi connectivity index (χ1n) is 15.4. The highest BCUT2D eigenvalue weighted by Crippen LogP contribution is 2.27. The van der Waals surface area contributed by atoms with Crippen LogP contribution in [0.1, 0.15) is 78.2 Å². The zero-order chi connectivity index (χ0) is 30.5. The first kappa shape index (κ1) is 33.9. The fourth-order valence-corrected chi connectivity index (χ4v) is 6.73. The second-order valence-corrected chi connectivity index (χ2v) is 13.8. The zero-order valence-electron chi connectivity index (χ0n) is 25.9. The molecular weight excluding hydrogens is 552 g/mol. The molecule has 1 atom stereocenters. The van der Waals surface area contributed by atoms with Crippen molar-refractivity contribution < 1.29 is 23.9 Å². The van der Waals surface area contributed by atoms with Gasteiger partial charge in [0.05, 0.1) is 6.54 Å². The molecular formula is C32H50N4O5S. The SMILES string of the molecule is CC(=O)CN(CC(=O)N[C@@H](CSCC1CCCCC1)C(=O)NC1CCN(Cc2ccccc2)CC1)C(=O)OC(C)(C)C. The molecule has 0 aromatic heterocycles. The van der Waals surface area contributed by atoms with Crippen LogP contribution in [0.2, 0.25) is 0 Å². The van der Waals surface area contributed by atoms with Crippen LogP contribution in [0.15, 0.2) is 30.3 Å². The number of hydrogen-bond acceptors (Lipinski definition) is 7. The van der Waals surface area contributed by atoms with E-state index in [0.717, 1.165) is 43.1 Å². The molecule has 1 heterocycles. The van der Waals surface area contributed by atoms with E-state index in [0.29, 0.717) is 11.7 Å². The minimum absolute atomic E-state index is 0.0447. The molecule has 1 aromatic rings. The molecule has 1 aromatic carbocycles. The maximum absolute atomic E-state index is 13.5. The van der Waals surface area contributed by atoms with Gasteiger partial charge >= 0.3 is 6.09 Å². The summed E-state index contributed by atoms with van der Waals surface area (Å²) in [6.45, 7) is 8.63. The van der Waals surface area contributed by atoms with Crippen LogP contribution in [0.25, 0.3) is 0 Å². The van der Waals surface area contributed by atoms with E-state index in [9.17, 15) is 19.2 Å². The van der Waals surface area contributed by atoms with E-state index in [2.05, 4.69) is 39.8 Å². The number of Topliss-reactive ketones (excluding diaryl/α,β-unsaturated/α-hetero) is 1. The molecule has 0 bridgehead atoms. The van der Waals surface area contributed by atoms with Crippen LogP contribution < -0.4 is 10.6 Å². The highest BCUT2D eigenvalue weighted by atomic mass is 32.2. The minimum Gasteiger partial charge on any atom is -0.444 e. The Morgan fingerprint density at radius 3 is 2.29 bits per heavy atom. The Hall–Kier alpha value is -2.59. The number of nitrogens with zero attached hydrogens (tertiary/aromatic N) is 2. The second-order valence-electron chi connectivity index (χ2n) is 12.7. The molecule has 10 heteroatoms. The van der Waals surface area contributed by atoms with Gasteiger partial charge in [-0.3, -0.25) is 24.2 Å². The van der Waals surface area contributed by atoms with Crippen molar-refractivity contribution in [3.8, 4) is 0 Å². The van der Waals surface area contributed by atoms with E-state index in [1.54, 1.807) is 32.5 Å². The quantitative estimate of drug-likeness (QED) is 0.345. The summed E-state index contributed by atoms with van der Waals surface area (Å²) < 4.78 is 5.40. The Kier molecular flexibility index (Phi) is 13.6. The zero-order valence-corrected chi connectivity index (χ0v) is 26.7. The third-order valence-corrected chi connectivity index (χ3v) is 8.87. The van der Waals surface area contributed by atoms with Gasteiger partial charge in [0, 0.05) is 31.4 Å². The molecule has 1 saturated carbocycles. The van der Waals surface area contributed by atoms with Gasteiger partial charge in [0.25, 0.3) is 0 Å². The predicted octanol–water partition coefficient (Wildman–Crippen LogP) is 4.39. The molecule has 9 nitrogen and oxygen atoms in total. The molecule has 3 amide bonds. The van der Waals surface area contributed by atoms with E-state index in [-0.39, 0.29) is 30.8 Å². The lowest BCUT2D eigenvalue weighted by molar-refractivity contribution is -0.130. The highest BCUT2D eigenvalue weighted by molar-refractivity contribution is 7.99. The molecule has 2 N–H and O–H groups in total. The standard InChI is InChI=1S/C32H50N4O5S/c1-24(37)19-36(31(40)41-32(2,3)4)21-29(38)34-28(23-42-22-26-13-9-6-10-14-26)30(39)33-27-15-17-35(18-16-27)20-25-11-7-5-8-12-25/h5,7-8,11-12,26-28H,6,9-10,13-23H2,1-4H3,(H,33,39)(H,34,38)/t28-/m0/s1. The van der Waals surface area contributed by atoms with Crippen molar-refractivity contribution in [3.63, 3.8) is 0 Å². The first-order chi connectivity index (χ1) is 20.0. The predicted molar refractivity (Wildman–Crippen MR) is 167 cm³/mol. The van der Waals surface area contributed by atoms with Gasteiger partial charge < -0.3 is 15.4 Å². The largest absolute Gasteiger partial charge is 0.444 e. The maximum atomic E-state index is 13.5. The lowest BCUT2D eigenvalue weighted by atomic mass is 9.91.